The van der Waals surface area contributed by atoms with Crippen LogP contribution in [0.15, 0.2) is 41.0 Å². The maximum Gasteiger partial charge on any atom is 0.226 e. The topological polar surface area (TPSA) is 89.9 Å². The lowest BCUT2D eigenvalue weighted by Crippen LogP contribution is -2.26. The minimum absolute atomic E-state index is 0.0230. The summed E-state index contributed by atoms with van der Waals surface area (Å²) in [4.78, 5) is 23.2. The average molecular weight is 360 g/mol. The second-order valence-corrected chi connectivity index (χ2v) is 6.56. The van der Waals surface area contributed by atoms with Gasteiger partial charge in [-0.15, -0.1) is 0 Å². The van der Waals surface area contributed by atoms with Crippen LogP contribution < -0.4 is 4.90 Å². The van der Waals surface area contributed by atoms with Crippen LogP contribution in [-0.4, -0.2) is 37.3 Å². The Morgan fingerprint density at radius 3 is 2.74 bits per heavy atom. The predicted molar refractivity (Wildman–Crippen MR) is 99.0 cm³/mol. The summed E-state index contributed by atoms with van der Waals surface area (Å²) in [6, 6.07) is 11.6. The zero-order chi connectivity index (χ0) is 18.5. The number of pyridine rings is 1. The lowest BCUT2D eigenvalue weighted by Gasteiger charge is -2.09. The van der Waals surface area contributed by atoms with Crippen LogP contribution in [-0.2, 0) is 11.3 Å². The van der Waals surface area contributed by atoms with E-state index in [1.807, 2.05) is 43.3 Å². The first-order valence-corrected chi connectivity index (χ1v) is 8.67. The van der Waals surface area contributed by atoms with Gasteiger partial charge in [-0.2, -0.15) is 0 Å². The van der Waals surface area contributed by atoms with Crippen molar-refractivity contribution in [2.75, 3.05) is 11.4 Å². The van der Waals surface area contributed by atoms with Crippen molar-refractivity contribution in [2.24, 2.45) is 0 Å². The van der Waals surface area contributed by atoms with Crippen LogP contribution in [0, 0.1) is 6.92 Å². The van der Waals surface area contributed by atoms with Crippen molar-refractivity contribution >= 4 is 22.9 Å². The third-order valence-electron chi connectivity index (χ3n) is 4.77. The first-order valence-electron chi connectivity index (χ1n) is 8.67. The van der Waals surface area contributed by atoms with Gasteiger partial charge in [-0.1, -0.05) is 12.1 Å². The summed E-state index contributed by atoms with van der Waals surface area (Å²) in [5.41, 5.74) is 5.64. The Labute approximate surface area is 154 Å². The van der Waals surface area contributed by atoms with Gasteiger partial charge in [0.05, 0.1) is 11.4 Å². The molecule has 134 valence electrons. The standard InChI is InChI=1S/C19H16N6O2/c1-11-4-3-5-15(20-11)17-18(13-6-7-14-16(10-13)23-27-22-14)25-9-8-24(12(2)26)19(25)21-17/h3-7,10H,8-9H2,1-2H3. The molecule has 3 aromatic heterocycles. The third-order valence-corrected chi connectivity index (χ3v) is 4.77. The molecule has 0 N–H and O–H groups in total. The van der Waals surface area contributed by atoms with Crippen molar-refractivity contribution in [3.05, 3.63) is 42.1 Å². The number of anilines is 1. The molecule has 1 amide bonds. The van der Waals surface area contributed by atoms with Crippen molar-refractivity contribution in [2.45, 2.75) is 20.4 Å². The molecule has 0 unspecified atom stereocenters. The number of hydrogen-bond acceptors (Lipinski definition) is 6. The molecule has 0 spiro atoms. The highest BCUT2D eigenvalue weighted by atomic mass is 16.6. The first-order chi connectivity index (χ1) is 13.1. The molecule has 0 saturated heterocycles. The van der Waals surface area contributed by atoms with Crippen molar-refractivity contribution < 1.29 is 9.42 Å². The molecule has 4 aromatic rings. The van der Waals surface area contributed by atoms with E-state index in [-0.39, 0.29) is 5.91 Å². The number of imidazole rings is 1. The van der Waals surface area contributed by atoms with Gasteiger partial charge in [0.15, 0.2) is 0 Å². The minimum Gasteiger partial charge on any atom is -0.307 e. The molecule has 8 nitrogen and oxygen atoms in total. The lowest BCUT2D eigenvalue weighted by molar-refractivity contribution is -0.116. The van der Waals surface area contributed by atoms with E-state index < -0.39 is 0 Å². The highest BCUT2D eigenvalue weighted by molar-refractivity contribution is 5.93. The molecular weight excluding hydrogens is 344 g/mol. The second-order valence-electron chi connectivity index (χ2n) is 6.56. The van der Waals surface area contributed by atoms with Crippen LogP contribution in [0.1, 0.15) is 12.6 Å². The lowest BCUT2D eigenvalue weighted by atomic mass is 10.1. The van der Waals surface area contributed by atoms with Crippen LogP contribution in [0.5, 0.6) is 0 Å². The molecule has 4 heterocycles. The number of rotatable bonds is 2. The van der Waals surface area contributed by atoms with Gasteiger partial charge in [-0.3, -0.25) is 14.7 Å². The molecule has 1 aromatic carbocycles. The molecule has 0 radical (unpaired) electrons. The smallest absolute Gasteiger partial charge is 0.226 e. The van der Waals surface area contributed by atoms with Crippen LogP contribution in [0.2, 0.25) is 0 Å². The molecule has 0 saturated carbocycles. The first kappa shape index (κ1) is 15.7. The van der Waals surface area contributed by atoms with Crippen molar-refractivity contribution in [3.8, 4) is 22.6 Å². The summed E-state index contributed by atoms with van der Waals surface area (Å²) in [5, 5.41) is 7.81. The number of benzene rings is 1. The fourth-order valence-electron chi connectivity index (χ4n) is 3.53. The Morgan fingerprint density at radius 1 is 1.07 bits per heavy atom. The molecular formula is C19H16N6O2. The molecule has 5 rings (SSSR count). The second kappa shape index (κ2) is 5.73. The van der Waals surface area contributed by atoms with Gasteiger partial charge in [0.1, 0.15) is 16.7 Å². The van der Waals surface area contributed by atoms with Gasteiger partial charge in [-0.05, 0) is 41.5 Å². The van der Waals surface area contributed by atoms with E-state index in [9.17, 15) is 4.79 Å². The summed E-state index contributed by atoms with van der Waals surface area (Å²) in [5.74, 6) is 0.624. The molecule has 0 atom stereocenters. The Morgan fingerprint density at radius 2 is 1.93 bits per heavy atom. The molecule has 0 aliphatic carbocycles. The monoisotopic (exact) mass is 360 g/mol. The fourth-order valence-corrected chi connectivity index (χ4v) is 3.53. The number of carbonyl (C=O) groups is 1. The van der Waals surface area contributed by atoms with Gasteiger partial charge in [0, 0.05) is 31.3 Å². The van der Waals surface area contributed by atoms with Crippen LogP contribution in [0.25, 0.3) is 33.7 Å². The zero-order valence-corrected chi connectivity index (χ0v) is 14.9. The highest BCUT2D eigenvalue weighted by Gasteiger charge is 2.30. The Hall–Kier alpha value is -3.55. The summed E-state index contributed by atoms with van der Waals surface area (Å²) >= 11 is 0. The Bertz CT molecular complexity index is 1190. The van der Waals surface area contributed by atoms with E-state index in [1.165, 1.54) is 0 Å². The molecule has 0 fully saturated rings. The maximum absolute atomic E-state index is 12.0. The van der Waals surface area contributed by atoms with E-state index in [0.29, 0.717) is 30.1 Å². The molecule has 8 heteroatoms. The minimum atomic E-state index is -0.0230. The molecule has 1 aliphatic heterocycles. The van der Waals surface area contributed by atoms with E-state index in [4.69, 9.17) is 9.61 Å². The van der Waals surface area contributed by atoms with Crippen LogP contribution >= 0.6 is 0 Å². The molecule has 0 bridgehead atoms. The Balaban J connectivity index is 1.77. The SMILES string of the molecule is CC(=O)N1CCn2c1nc(-c1cccc(C)n1)c2-c1ccc2nonc2c1. The van der Waals surface area contributed by atoms with Gasteiger partial charge in [-0.25, -0.2) is 9.61 Å². The predicted octanol–water partition coefficient (Wildman–Crippen LogP) is 2.82. The van der Waals surface area contributed by atoms with Crippen LogP contribution in [0.4, 0.5) is 5.95 Å². The number of aryl methyl sites for hydroxylation is 1. The summed E-state index contributed by atoms with van der Waals surface area (Å²) in [7, 11) is 0. The van der Waals surface area contributed by atoms with Crippen LogP contribution in [0.3, 0.4) is 0 Å². The molecule has 27 heavy (non-hydrogen) atoms. The third kappa shape index (κ3) is 2.41. The number of fused-ring (bicyclic) bond motifs is 2. The largest absolute Gasteiger partial charge is 0.307 e. The maximum atomic E-state index is 12.0. The summed E-state index contributed by atoms with van der Waals surface area (Å²) in [6.07, 6.45) is 0. The van der Waals surface area contributed by atoms with Crippen molar-refractivity contribution in [1.29, 1.82) is 0 Å². The zero-order valence-electron chi connectivity index (χ0n) is 14.9. The summed E-state index contributed by atoms with van der Waals surface area (Å²) < 4.78 is 6.89. The Kier molecular flexibility index (Phi) is 3.33. The van der Waals surface area contributed by atoms with Gasteiger partial charge in [0.25, 0.3) is 0 Å². The number of amides is 1. The fraction of sp³-hybridized carbons (Fsp3) is 0.211. The number of hydrogen-bond donors (Lipinski definition) is 0. The quantitative estimate of drug-likeness (QED) is 0.546. The number of nitrogens with zero attached hydrogens (tertiary/aromatic N) is 6. The van der Waals surface area contributed by atoms with Crippen molar-refractivity contribution in [3.63, 3.8) is 0 Å². The van der Waals surface area contributed by atoms with Gasteiger partial charge < -0.3 is 4.57 Å². The highest BCUT2D eigenvalue weighted by Crippen LogP contribution is 2.38. The van der Waals surface area contributed by atoms with E-state index in [1.54, 1.807) is 11.8 Å². The van der Waals surface area contributed by atoms with Gasteiger partial charge >= 0.3 is 0 Å². The van der Waals surface area contributed by atoms with Gasteiger partial charge in [0.2, 0.25) is 11.9 Å². The average Bonchev–Trinajstić information content (AvgIpc) is 3.35. The van der Waals surface area contributed by atoms with E-state index in [0.717, 1.165) is 28.3 Å². The summed E-state index contributed by atoms with van der Waals surface area (Å²) in [6.45, 7) is 4.79. The van der Waals surface area contributed by atoms with E-state index >= 15 is 0 Å². The molecule has 1 aliphatic rings. The van der Waals surface area contributed by atoms with Crippen molar-refractivity contribution in [1.82, 2.24) is 24.8 Å². The van der Waals surface area contributed by atoms with E-state index in [2.05, 4.69) is 19.9 Å². The normalized spacial score (nSPS) is 13.3. The number of carbonyl (C=O) groups excluding carboxylic acids is 1. The number of aromatic nitrogens is 5.